The van der Waals surface area contributed by atoms with E-state index >= 15 is 0 Å². The summed E-state index contributed by atoms with van der Waals surface area (Å²) in [7, 11) is 0. The summed E-state index contributed by atoms with van der Waals surface area (Å²) in [6, 6.07) is 0.183. The second kappa shape index (κ2) is 5.28. The lowest BCUT2D eigenvalue weighted by molar-refractivity contribution is -0.131. The molecule has 0 aromatic heterocycles. The molecular formula is C11H19NO3. The summed E-state index contributed by atoms with van der Waals surface area (Å²) in [6.07, 6.45) is 2.31. The highest BCUT2D eigenvalue weighted by Gasteiger charge is 2.30. The minimum absolute atomic E-state index is 0.154. The Bertz CT molecular complexity index is 263. The number of carbonyl (C=O) groups is 1. The Kier molecular flexibility index (Phi) is 4.29. The van der Waals surface area contributed by atoms with E-state index in [0.29, 0.717) is 12.5 Å². The number of aliphatic hydroxyl groups excluding tert-OH is 1. The third-order valence-electron chi connectivity index (χ3n) is 3.01. The molecule has 0 spiro atoms. The maximum atomic E-state index is 10.5. The Labute approximate surface area is 90.2 Å². The summed E-state index contributed by atoms with van der Waals surface area (Å²) in [4.78, 5) is 12.6. The molecule has 1 saturated heterocycles. The predicted octanol–water partition coefficient (Wildman–Crippen LogP) is 0.720. The van der Waals surface area contributed by atoms with Crippen molar-refractivity contribution in [2.75, 3.05) is 19.7 Å². The molecule has 1 aliphatic rings. The topological polar surface area (TPSA) is 60.8 Å². The van der Waals surface area contributed by atoms with Crippen molar-refractivity contribution in [3.05, 3.63) is 11.6 Å². The lowest BCUT2D eigenvalue weighted by atomic mass is 10.0. The molecule has 15 heavy (non-hydrogen) atoms. The van der Waals surface area contributed by atoms with Crippen LogP contribution in [0.5, 0.6) is 0 Å². The molecule has 0 bridgehead atoms. The lowest BCUT2D eigenvalue weighted by Gasteiger charge is -2.25. The first-order valence-corrected chi connectivity index (χ1v) is 5.29. The molecule has 0 saturated carbocycles. The van der Waals surface area contributed by atoms with Crippen LogP contribution in [0, 0.1) is 5.92 Å². The number of likely N-dealkylation sites (tertiary alicyclic amines) is 1. The van der Waals surface area contributed by atoms with Crippen LogP contribution in [-0.2, 0) is 4.79 Å². The van der Waals surface area contributed by atoms with Gasteiger partial charge in [0.05, 0.1) is 6.61 Å². The number of hydrogen-bond donors (Lipinski definition) is 2. The number of rotatable bonds is 4. The molecule has 0 radical (unpaired) electrons. The molecule has 86 valence electrons. The molecule has 1 aliphatic heterocycles. The molecule has 2 N–H and O–H groups in total. The van der Waals surface area contributed by atoms with E-state index in [1.807, 2.05) is 6.92 Å². The summed E-state index contributed by atoms with van der Waals surface area (Å²) in [6.45, 7) is 5.67. The van der Waals surface area contributed by atoms with Crippen molar-refractivity contribution in [1.82, 2.24) is 4.90 Å². The first-order chi connectivity index (χ1) is 7.04. The summed E-state index contributed by atoms with van der Waals surface area (Å²) in [5, 5.41) is 17.8. The number of carboxylic acid groups (broad SMARTS) is 1. The van der Waals surface area contributed by atoms with E-state index in [-0.39, 0.29) is 12.6 Å². The molecule has 2 atom stereocenters. The molecule has 0 aromatic carbocycles. The monoisotopic (exact) mass is 213 g/mol. The zero-order valence-electron chi connectivity index (χ0n) is 9.31. The van der Waals surface area contributed by atoms with Gasteiger partial charge in [0.2, 0.25) is 0 Å². The standard InChI is InChI=1S/C11H19NO3/c1-8(5-11(14)15)6-12-4-3-9(2)10(12)7-13/h5,9-10,13H,3-4,6-7H2,1-2H3,(H,14,15). The Morgan fingerprint density at radius 2 is 2.27 bits per heavy atom. The van der Waals surface area contributed by atoms with Crippen molar-refractivity contribution in [2.24, 2.45) is 5.92 Å². The predicted molar refractivity (Wildman–Crippen MR) is 57.6 cm³/mol. The first kappa shape index (κ1) is 12.2. The molecule has 1 fully saturated rings. The number of aliphatic carboxylic acids is 1. The van der Waals surface area contributed by atoms with Crippen LogP contribution in [0.2, 0.25) is 0 Å². The van der Waals surface area contributed by atoms with E-state index in [1.54, 1.807) is 0 Å². The van der Waals surface area contributed by atoms with E-state index in [9.17, 15) is 9.90 Å². The molecule has 2 unspecified atom stereocenters. The molecule has 1 rings (SSSR count). The summed E-state index contributed by atoms with van der Waals surface area (Å²) in [5.41, 5.74) is 0.829. The average Bonchev–Trinajstić information content (AvgIpc) is 2.45. The van der Waals surface area contributed by atoms with Gasteiger partial charge < -0.3 is 10.2 Å². The van der Waals surface area contributed by atoms with Gasteiger partial charge in [-0.1, -0.05) is 12.5 Å². The van der Waals surface area contributed by atoms with Crippen molar-refractivity contribution in [2.45, 2.75) is 26.3 Å². The second-order valence-corrected chi connectivity index (χ2v) is 4.32. The van der Waals surface area contributed by atoms with Gasteiger partial charge in [0.15, 0.2) is 0 Å². The number of carboxylic acids is 1. The van der Waals surface area contributed by atoms with E-state index in [1.165, 1.54) is 6.08 Å². The molecule has 1 heterocycles. The SMILES string of the molecule is CC(=CC(=O)O)CN1CCC(C)C1CO. The van der Waals surface area contributed by atoms with Gasteiger partial charge in [-0.15, -0.1) is 0 Å². The zero-order valence-corrected chi connectivity index (χ0v) is 9.31. The normalized spacial score (nSPS) is 28.3. The van der Waals surface area contributed by atoms with Crippen molar-refractivity contribution in [1.29, 1.82) is 0 Å². The Hall–Kier alpha value is -0.870. The average molecular weight is 213 g/mol. The zero-order chi connectivity index (χ0) is 11.4. The molecule has 4 nitrogen and oxygen atoms in total. The fraction of sp³-hybridized carbons (Fsp3) is 0.727. The maximum absolute atomic E-state index is 10.5. The number of aliphatic hydroxyl groups is 1. The van der Waals surface area contributed by atoms with E-state index in [2.05, 4.69) is 11.8 Å². The first-order valence-electron chi connectivity index (χ1n) is 5.29. The largest absolute Gasteiger partial charge is 0.478 e. The molecule has 0 aliphatic carbocycles. The quantitative estimate of drug-likeness (QED) is 0.675. The van der Waals surface area contributed by atoms with Crippen LogP contribution in [0.1, 0.15) is 20.3 Å². The van der Waals surface area contributed by atoms with Gasteiger partial charge in [0, 0.05) is 18.7 Å². The van der Waals surface area contributed by atoms with Crippen molar-refractivity contribution in [3.8, 4) is 0 Å². The fourth-order valence-corrected chi connectivity index (χ4v) is 2.16. The van der Waals surface area contributed by atoms with Gasteiger partial charge >= 0.3 is 5.97 Å². The van der Waals surface area contributed by atoms with Gasteiger partial charge in [-0.3, -0.25) is 4.90 Å². The smallest absolute Gasteiger partial charge is 0.328 e. The highest BCUT2D eigenvalue weighted by atomic mass is 16.4. The fourth-order valence-electron chi connectivity index (χ4n) is 2.16. The maximum Gasteiger partial charge on any atom is 0.328 e. The van der Waals surface area contributed by atoms with Crippen LogP contribution in [0.25, 0.3) is 0 Å². The Morgan fingerprint density at radius 3 is 2.80 bits per heavy atom. The molecular weight excluding hydrogens is 194 g/mol. The number of hydrogen-bond acceptors (Lipinski definition) is 3. The highest BCUT2D eigenvalue weighted by Crippen LogP contribution is 2.23. The van der Waals surface area contributed by atoms with E-state index < -0.39 is 5.97 Å². The molecule has 0 aromatic rings. The minimum atomic E-state index is -0.903. The lowest BCUT2D eigenvalue weighted by Crippen LogP contribution is -2.36. The third kappa shape index (κ3) is 3.32. The van der Waals surface area contributed by atoms with Crippen LogP contribution >= 0.6 is 0 Å². The summed E-state index contributed by atoms with van der Waals surface area (Å²) < 4.78 is 0. The summed E-state index contributed by atoms with van der Waals surface area (Å²) >= 11 is 0. The van der Waals surface area contributed by atoms with Crippen molar-refractivity contribution in [3.63, 3.8) is 0 Å². The third-order valence-corrected chi connectivity index (χ3v) is 3.01. The van der Waals surface area contributed by atoms with Crippen molar-refractivity contribution >= 4 is 5.97 Å². The molecule has 4 heteroatoms. The van der Waals surface area contributed by atoms with Crippen LogP contribution in [-0.4, -0.2) is 46.8 Å². The van der Waals surface area contributed by atoms with Gasteiger partial charge in [0.25, 0.3) is 0 Å². The van der Waals surface area contributed by atoms with E-state index in [4.69, 9.17) is 5.11 Å². The van der Waals surface area contributed by atoms with E-state index in [0.717, 1.165) is 18.5 Å². The Balaban J connectivity index is 2.55. The van der Waals surface area contributed by atoms with Crippen LogP contribution < -0.4 is 0 Å². The summed E-state index contributed by atoms with van der Waals surface area (Å²) in [5.74, 6) is -0.409. The Morgan fingerprint density at radius 1 is 1.60 bits per heavy atom. The van der Waals surface area contributed by atoms with Gasteiger partial charge in [0.1, 0.15) is 0 Å². The second-order valence-electron chi connectivity index (χ2n) is 4.32. The minimum Gasteiger partial charge on any atom is -0.478 e. The van der Waals surface area contributed by atoms with Crippen LogP contribution in [0.3, 0.4) is 0 Å². The van der Waals surface area contributed by atoms with Crippen molar-refractivity contribution < 1.29 is 15.0 Å². The van der Waals surface area contributed by atoms with Gasteiger partial charge in [-0.05, 0) is 25.8 Å². The van der Waals surface area contributed by atoms with Crippen LogP contribution in [0.4, 0.5) is 0 Å². The van der Waals surface area contributed by atoms with Crippen LogP contribution in [0.15, 0.2) is 11.6 Å². The molecule has 0 amide bonds. The highest BCUT2D eigenvalue weighted by molar-refractivity contribution is 5.80. The van der Waals surface area contributed by atoms with Gasteiger partial charge in [-0.25, -0.2) is 4.79 Å². The van der Waals surface area contributed by atoms with Gasteiger partial charge in [-0.2, -0.15) is 0 Å². The number of nitrogens with zero attached hydrogens (tertiary/aromatic N) is 1.